The second kappa shape index (κ2) is 5.93. The third kappa shape index (κ3) is 3.15. The maximum Gasteiger partial charge on any atom is 0.134 e. The molecular weight excluding hydrogens is 226 g/mol. The number of fused-ring (bicyclic) bond motifs is 1. The van der Waals surface area contributed by atoms with Crippen molar-refractivity contribution in [1.29, 1.82) is 0 Å². The number of benzene rings is 1. The fourth-order valence-corrected chi connectivity index (χ4v) is 1.52. The normalized spacial score (nSPS) is 11.7. The summed E-state index contributed by atoms with van der Waals surface area (Å²) in [5.74, 6) is 0.616. The molecular formula is C14H15N3O. The third-order valence-electron chi connectivity index (χ3n) is 2.43. The van der Waals surface area contributed by atoms with Crippen molar-refractivity contribution in [2.75, 3.05) is 0 Å². The number of aliphatic hydroxyl groups excluding tert-OH is 1. The zero-order valence-corrected chi connectivity index (χ0v) is 10.1. The number of H-pyrrole nitrogens is 1. The van der Waals surface area contributed by atoms with Crippen LogP contribution in [0.25, 0.3) is 10.9 Å². The van der Waals surface area contributed by atoms with Crippen molar-refractivity contribution in [2.45, 2.75) is 13.0 Å². The molecule has 18 heavy (non-hydrogen) atoms. The van der Waals surface area contributed by atoms with Gasteiger partial charge in [-0.3, -0.25) is 4.98 Å². The van der Waals surface area contributed by atoms with Crippen LogP contribution in [0, 0.1) is 0 Å². The first-order valence-electron chi connectivity index (χ1n) is 5.74. The van der Waals surface area contributed by atoms with Crippen LogP contribution in [0.15, 0.2) is 55.0 Å². The molecule has 4 nitrogen and oxygen atoms in total. The molecule has 92 valence electrons. The zero-order chi connectivity index (χ0) is 12.8. The second-order valence-corrected chi connectivity index (χ2v) is 3.85. The number of hydrogen-bond acceptors (Lipinski definition) is 3. The van der Waals surface area contributed by atoms with E-state index in [1.54, 1.807) is 19.3 Å². The van der Waals surface area contributed by atoms with E-state index < -0.39 is 6.10 Å². The predicted octanol–water partition coefficient (Wildman–Crippen LogP) is 2.70. The molecule has 0 radical (unpaired) electrons. The quantitative estimate of drug-likeness (QED) is 0.688. The van der Waals surface area contributed by atoms with Crippen LogP contribution in [0.2, 0.25) is 0 Å². The maximum atomic E-state index is 8.82. The number of aliphatic hydroxyl groups is 1. The highest BCUT2D eigenvalue weighted by atomic mass is 16.3. The molecule has 0 aliphatic carbocycles. The summed E-state index contributed by atoms with van der Waals surface area (Å²) in [5.41, 5.74) is 1.06. The highest BCUT2D eigenvalue weighted by molar-refractivity contribution is 5.77. The Morgan fingerprint density at radius 2 is 1.83 bits per heavy atom. The van der Waals surface area contributed by atoms with Crippen molar-refractivity contribution < 1.29 is 5.11 Å². The first-order valence-corrected chi connectivity index (χ1v) is 5.74. The van der Waals surface area contributed by atoms with Crippen LogP contribution < -0.4 is 0 Å². The Labute approximate surface area is 105 Å². The van der Waals surface area contributed by atoms with Gasteiger partial charge in [-0.2, -0.15) is 0 Å². The van der Waals surface area contributed by atoms with Gasteiger partial charge in [0.25, 0.3) is 0 Å². The molecule has 2 aromatic heterocycles. The smallest absolute Gasteiger partial charge is 0.134 e. The van der Waals surface area contributed by atoms with E-state index in [9.17, 15) is 0 Å². The summed E-state index contributed by atoms with van der Waals surface area (Å²) in [7, 11) is 0. The predicted molar refractivity (Wildman–Crippen MR) is 71.0 cm³/mol. The average Bonchev–Trinajstić information content (AvgIpc) is 2.94. The van der Waals surface area contributed by atoms with Crippen molar-refractivity contribution in [3.63, 3.8) is 0 Å². The van der Waals surface area contributed by atoms with Crippen molar-refractivity contribution in [1.82, 2.24) is 15.0 Å². The van der Waals surface area contributed by atoms with Crippen LogP contribution in [0.1, 0.15) is 18.9 Å². The largest absolute Gasteiger partial charge is 0.385 e. The number of aromatic amines is 1. The fraction of sp³-hybridized carbons (Fsp3) is 0.143. The van der Waals surface area contributed by atoms with Gasteiger partial charge >= 0.3 is 0 Å². The topological polar surface area (TPSA) is 61.8 Å². The molecule has 0 fully saturated rings. The number of aromatic nitrogens is 3. The van der Waals surface area contributed by atoms with E-state index in [2.05, 4.69) is 27.1 Å². The van der Waals surface area contributed by atoms with Crippen molar-refractivity contribution >= 4 is 10.9 Å². The monoisotopic (exact) mass is 241 g/mol. The molecule has 0 amide bonds. The van der Waals surface area contributed by atoms with Gasteiger partial charge in [-0.25, -0.2) is 4.98 Å². The summed E-state index contributed by atoms with van der Waals surface area (Å²) in [6.45, 7) is 1.67. The SMILES string of the molecule is CC(O)c1ncc[nH]1.c1ccc2ncccc2c1. The molecule has 0 spiro atoms. The molecule has 3 aromatic rings. The van der Waals surface area contributed by atoms with Crippen LogP contribution >= 0.6 is 0 Å². The maximum absolute atomic E-state index is 8.82. The van der Waals surface area contributed by atoms with Crippen LogP contribution in [-0.2, 0) is 0 Å². The van der Waals surface area contributed by atoms with E-state index in [0.29, 0.717) is 5.82 Å². The van der Waals surface area contributed by atoms with Crippen LogP contribution in [0.3, 0.4) is 0 Å². The summed E-state index contributed by atoms with van der Waals surface area (Å²) in [5, 5.41) is 10.0. The highest BCUT2D eigenvalue weighted by Crippen LogP contribution is 2.07. The molecule has 0 aliphatic heterocycles. The van der Waals surface area contributed by atoms with E-state index in [-0.39, 0.29) is 0 Å². The number of nitrogens with one attached hydrogen (secondary N) is 1. The molecule has 4 heteroatoms. The van der Waals surface area contributed by atoms with Gasteiger partial charge in [0.2, 0.25) is 0 Å². The highest BCUT2D eigenvalue weighted by Gasteiger charge is 1.98. The van der Waals surface area contributed by atoms with Gasteiger partial charge in [0, 0.05) is 24.0 Å². The zero-order valence-electron chi connectivity index (χ0n) is 10.1. The minimum atomic E-state index is -0.481. The van der Waals surface area contributed by atoms with E-state index in [0.717, 1.165) is 5.52 Å². The number of para-hydroxylation sites is 1. The average molecular weight is 241 g/mol. The Morgan fingerprint density at radius 1 is 1.06 bits per heavy atom. The lowest BCUT2D eigenvalue weighted by Crippen LogP contribution is -1.91. The van der Waals surface area contributed by atoms with Gasteiger partial charge in [0.1, 0.15) is 11.9 Å². The standard InChI is InChI=1S/C9H7N.C5H8N2O/c1-2-6-9-8(4-1)5-3-7-10-9;1-4(8)5-6-2-3-7-5/h1-7H;2-4,8H,1H3,(H,6,7). The molecule has 2 N–H and O–H groups in total. The van der Waals surface area contributed by atoms with Crippen molar-refractivity contribution in [3.05, 3.63) is 60.8 Å². The number of rotatable bonds is 1. The minimum absolute atomic E-state index is 0.481. The Balaban J connectivity index is 0.000000138. The second-order valence-electron chi connectivity index (χ2n) is 3.85. The molecule has 0 saturated heterocycles. The number of imidazole rings is 1. The van der Waals surface area contributed by atoms with Crippen molar-refractivity contribution in [2.24, 2.45) is 0 Å². The Bertz CT molecular complexity index is 525. The molecule has 0 aliphatic rings. The number of hydrogen-bond donors (Lipinski definition) is 2. The Kier molecular flexibility index (Phi) is 4.04. The van der Waals surface area contributed by atoms with Crippen LogP contribution in [0.5, 0.6) is 0 Å². The van der Waals surface area contributed by atoms with Gasteiger partial charge in [0.15, 0.2) is 0 Å². The minimum Gasteiger partial charge on any atom is -0.385 e. The van der Waals surface area contributed by atoms with Gasteiger partial charge < -0.3 is 10.1 Å². The molecule has 1 atom stereocenters. The molecule has 3 rings (SSSR count). The van der Waals surface area contributed by atoms with Crippen LogP contribution in [-0.4, -0.2) is 20.1 Å². The Hall–Kier alpha value is -2.20. The van der Waals surface area contributed by atoms with Gasteiger partial charge in [0.05, 0.1) is 5.52 Å². The summed E-state index contributed by atoms with van der Waals surface area (Å²) in [6.07, 6.45) is 4.62. The van der Waals surface area contributed by atoms with E-state index in [1.165, 1.54) is 5.39 Å². The number of nitrogens with zero attached hydrogens (tertiary/aromatic N) is 2. The van der Waals surface area contributed by atoms with Crippen molar-refractivity contribution in [3.8, 4) is 0 Å². The summed E-state index contributed by atoms with van der Waals surface area (Å²) < 4.78 is 0. The lowest BCUT2D eigenvalue weighted by atomic mass is 10.2. The van der Waals surface area contributed by atoms with E-state index in [1.807, 2.05) is 30.5 Å². The first-order chi connectivity index (χ1) is 8.77. The molecule has 1 unspecified atom stereocenters. The van der Waals surface area contributed by atoms with Gasteiger partial charge in [-0.1, -0.05) is 24.3 Å². The summed E-state index contributed by atoms with van der Waals surface area (Å²) in [4.78, 5) is 10.8. The lowest BCUT2D eigenvalue weighted by Gasteiger charge is -1.94. The third-order valence-corrected chi connectivity index (χ3v) is 2.43. The molecule has 1 aromatic carbocycles. The molecule has 0 saturated carbocycles. The summed E-state index contributed by atoms with van der Waals surface area (Å²) in [6, 6.07) is 12.1. The van der Waals surface area contributed by atoms with E-state index >= 15 is 0 Å². The lowest BCUT2D eigenvalue weighted by molar-refractivity contribution is 0.190. The molecule has 2 heterocycles. The Morgan fingerprint density at radius 3 is 2.44 bits per heavy atom. The van der Waals surface area contributed by atoms with Gasteiger partial charge in [-0.05, 0) is 19.1 Å². The first kappa shape index (κ1) is 12.3. The van der Waals surface area contributed by atoms with E-state index in [4.69, 9.17) is 5.11 Å². The molecule has 0 bridgehead atoms. The number of pyridine rings is 1. The fourth-order valence-electron chi connectivity index (χ4n) is 1.52. The van der Waals surface area contributed by atoms with Crippen LogP contribution in [0.4, 0.5) is 0 Å². The van der Waals surface area contributed by atoms with Gasteiger partial charge in [-0.15, -0.1) is 0 Å². The summed E-state index contributed by atoms with van der Waals surface area (Å²) >= 11 is 0.